The van der Waals surface area contributed by atoms with Gasteiger partial charge in [0.15, 0.2) is 11.6 Å². The molecule has 1 aliphatic heterocycles. The van der Waals surface area contributed by atoms with E-state index in [0.29, 0.717) is 25.8 Å². The standard InChI is InChI=1S/C19H25N3O6/c1-19(2,3)27-18(26)22-10-6-7-11(22)17-20-16(21-28-17)15(25)14-12(23)8-4-5-9-13(14)24/h11,14H,4-10H2,1-3H3. The maximum absolute atomic E-state index is 12.7. The summed E-state index contributed by atoms with van der Waals surface area (Å²) in [4.78, 5) is 55.1. The number of ether oxygens (including phenoxy) is 1. The van der Waals surface area contributed by atoms with E-state index >= 15 is 0 Å². The van der Waals surface area contributed by atoms with Gasteiger partial charge in [0.2, 0.25) is 17.5 Å². The van der Waals surface area contributed by atoms with Gasteiger partial charge in [0.25, 0.3) is 0 Å². The molecule has 0 spiro atoms. The molecule has 3 rings (SSSR count). The third-order valence-electron chi connectivity index (χ3n) is 4.83. The molecule has 2 heterocycles. The molecule has 2 fully saturated rings. The van der Waals surface area contributed by atoms with Crippen LogP contribution in [0.4, 0.5) is 4.79 Å². The Morgan fingerprint density at radius 2 is 1.75 bits per heavy atom. The third-order valence-corrected chi connectivity index (χ3v) is 4.83. The molecule has 1 atom stereocenters. The van der Waals surface area contributed by atoms with Crippen molar-refractivity contribution in [2.75, 3.05) is 6.54 Å². The lowest BCUT2D eigenvalue weighted by Gasteiger charge is -2.26. The van der Waals surface area contributed by atoms with E-state index in [-0.39, 0.29) is 24.6 Å². The van der Waals surface area contributed by atoms with Crippen LogP contribution < -0.4 is 0 Å². The summed E-state index contributed by atoms with van der Waals surface area (Å²) < 4.78 is 10.6. The van der Waals surface area contributed by atoms with Gasteiger partial charge in [-0.15, -0.1) is 0 Å². The maximum atomic E-state index is 12.7. The molecule has 1 amide bonds. The molecule has 2 aliphatic rings. The zero-order valence-electron chi connectivity index (χ0n) is 16.4. The number of likely N-dealkylation sites (tertiary alicyclic amines) is 1. The summed E-state index contributed by atoms with van der Waals surface area (Å²) in [5.74, 6) is -3.04. The van der Waals surface area contributed by atoms with Gasteiger partial charge in [-0.25, -0.2) is 4.79 Å². The molecule has 1 aliphatic carbocycles. The third kappa shape index (κ3) is 4.28. The van der Waals surface area contributed by atoms with E-state index in [1.807, 2.05) is 0 Å². The van der Waals surface area contributed by atoms with Crippen LogP contribution in [0.1, 0.15) is 81.8 Å². The zero-order valence-corrected chi connectivity index (χ0v) is 16.4. The first-order valence-corrected chi connectivity index (χ1v) is 9.60. The van der Waals surface area contributed by atoms with Crippen molar-refractivity contribution in [2.24, 2.45) is 5.92 Å². The molecule has 0 radical (unpaired) electrons. The quantitative estimate of drug-likeness (QED) is 0.438. The number of ketones is 3. The molecule has 0 N–H and O–H groups in total. The Morgan fingerprint density at radius 3 is 2.36 bits per heavy atom. The molecule has 1 aromatic heterocycles. The number of Topliss-reactive ketones (excluding diaryl/α,β-unsaturated/α-hetero) is 3. The Morgan fingerprint density at radius 1 is 1.11 bits per heavy atom. The van der Waals surface area contributed by atoms with Gasteiger partial charge in [0, 0.05) is 19.4 Å². The fraction of sp³-hybridized carbons (Fsp3) is 0.684. The first-order valence-electron chi connectivity index (χ1n) is 9.60. The van der Waals surface area contributed by atoms with Crippen LogP contribution in [0.15, 0.2) is 4.52 Å². The predicted octanol–water partition coefficient (Wildman–Crippen LogP) is 2.65. The van der Waals surface area contributed by atoms with Crippen LogP contribution in [0.3, 0.4) is 0 Å². The van der Waals surface area contributed by atoms with Gasteiger partial charge in [-0.1, -0.05) is 5.16 Å². The molecular formula is C19H25N3O6. The van der Waals surface area contributed by atoms with Crippen LogP contribution in [0.25, 0.3) is 0 Å². The molecule has 9 nitrogen and oxygen atoms in total. The van der Waals surface area contributed by atoms with E-state index in [4.69, 9.17) is 9.26 Å². The van der Waals surface area contributed by atoms with E-state index in [0.717, 1.165) is 6.42 Å². The molecule has 1 saturated carbocycles. The molecule has 1 saturated heterocycles. The fourth-order valence-electron chi connectivity index (χ4n) is 3.52. The molecule has 1 aromatic rings. The van der Waals surface area contributed by atoms with Crippen LogP contribution in [0.5, 0.6) is 0 Å². The van der Waals surface area contributed by atoms with Crippen molar-refractivity contribution in [3.63, 3.8) is 0 Å². The van der Waals surface area contributed by atoms with Crippen molar-refractivity contribution in [1.29, 1.82) is 0 Å². The Balaban J connectivity index is 1.77. The summed E-state index contributed by atoms with van der Waals surface area (Å²) in [6.45, 7) is 5.81. The summed E-state index contributed by atoms with van der Waals surface area (Å²) >= 11 is 0. The van der Waals surface area contributed by atoms with Gasteiger partial charge in [-0.3, -0.25) is 19.3 Å². The second kappa shape index (κ2) is 7.81. The van der Waals surface area contributed by atoms with E-state index in [9.17, 15) is 19.2 Å². The van der Waals surface area contributed by atoms with Crippen LogP contribution in [-0.4, -0.2) is 50.6 Å². The highest BCUT2D eigenvalue weighted by atomic mass is 16.6. The van der Waals surface area contributed by atoms with E-state index in [1.54, 1.807) is 20.8 Å². The van der Waals surface area contributed by atoms with Crippen LogP contribution in [-0.2, 0) is 14.3 Å². The minimum absolute atomic E-state index is 0.111. The number of hydrogen-bond acceptors (Lipinski definition) is 8. The van der Waals surface area contributed by atoms with Gasteiger partial charge >= 0.3 is 6.09 Å². The average Bonchev–Trinajstić information content (AvgIpc) is 3.22. The fourth-order valence-corrected chi connectivity index (χ4v) is 3.52. The lowest BCUT2D eigenvalue weighted by molar-refractivity contribution is -0.129. The van der Waals surface area contributed by atoms with E-state index < -0.39 is 41.0 Å². The largest absolute Gasteiger partial charge is 0.444 e. The first kappa shape index (κ1) is 20.2. The highest BCUT2D eigenvalue weighted by Crippen LogP contribution is 2.32. The van der Waals surface area contributed by atoms with Crippen molar-refractivity contribution in [3.8, 4) is 0 Å². The Labute approximate surface area is 162 Å². The average molecular weight is 391 g/mol. The minimum Gasteiger partial charge on any atom is -0.444 e. The molecule has 0 aromatic carbocycles. The van der Waals surface area contributed by atoms with E-state index in [2.05, 4.69) is 10.1 Å². The van der Waals surface area contributed by atoms with Gasteiger partial charge in [-0.05, 0) is 46.5 Å². The highest BCUT2D eigenvalue weighted by Gasteiger charge is 2.40. The van der Waals surface area contributed by atoms with Crippen LogP contribution in [0.2, 0.25) is 0 Å². The van der Waals surface area contributed by atoms with E-state index in [1.165, 1.54) is 4.90 Å². The monoisotopic (exact) mass is 391 g/mol. The van der Waals surface area contributed by atoms with Crippen molar-refractivity contribution in [2.45, 2.75) is 70.9 Å². The Bertz CT molecular complexity index is 776. The van der Waals surface area contributed by atoms with Crippen molar-refractivity contribution >= 4 is 23.4 Å². The van der Waals surface area contributed by atoms with Gasteiger partial charge < -0.3 is 9.26 Å². The lowest BCUT2D eigenvalue weighted by Crippen LogP contribution is -2.36. The van der Waals surface area contributed by atoms with Crippen LogP contribution >= 0.6 is 0 Å². The second-order valence-corrected chi connectivity index (χ2v) is 8.22. The summed E-state index contributed by atoms with van der Waals surface area (Å²) in [5.41, 5.74) is -0.638. The topological polar surface area (TPSA) is 120 Å². The molecule has 28 heavy (non-hydrogen) atoms. The summed E-state index contributed by atoms with van der Waals surface area (Å²) in [5, 5.41) is 3.68. The number of amides is 1. The van der Waals surface area contributed by atoms with Crippen molar-refractivity contribution in [1.82, 2.24) is 15.0 Å². The lowest BCUT2D eigenvalue weighted by atomic mass is 9.92. The summed E-state index contributed by atoms with van der Waals surface area (Å²) in [7, 11) is 0. The summed E-state index contributed by atoms with van der Waals surface area (Å²) in [6.07, 6.45) is 2.42. The molecule has 0 bridgehead atoms. The van der Waals surface area contributed by atoms with Gasteiger partial charge in [0.1, 0.15) is 17.6 Å². The molecule has 152 valence electrons. The normalized spacial score (nSPS) is 21.7. The van der Waals surface area contributed by atoms with Gasteiger partial charge in [-0.2, -0.15) is 4.98 Å². The first-order chi connectivity index (χ1) is 13.2. The predicted molar refractivity (Wildman–Crippen MR) is 95.5 cm³/mol. The number of aromatic nitrogens is 2. The molecular weight excluding hydrogens is 366 g/mol. The molecule has 9 heteroatoms. The SMILES string of the molecule is CC(C)(C)OC(=O)N1CCCC1c1nc(C(=O)C2C(=O)CCCCC2=O)no1. The van der Waals surface area contributed by atoms with Crippen molar-refractivity contribution in [3.05, 3.63) is 11.7 Å². The minimum atomic E-state index is -1.35. The highest BCUT2D eigenvalue weighted by molar-refractivity contribution is 6.23. The number of carbonyl (C=O) groups excluding carboxylic acids is 4. The van der Waals surface area contributed by atoms with Crippen molar-refractivity contribution < 1.29 is 28.4 Å². The Kier molecular flexibility index (Phi) is 5.62. The number of rotatable bonds is 3. The molecule has 1 unspecified atom stereocenters. The number of nitrogens with zero attached hydrogens (tertiary/aromatic N) is 3. The smallest absolute Gasteiger partial charge is 0.410 e. The number of hydrogen-bond donors (Lipinski definition) is 0. The maximum Gasteiger partial charge on any atom is 0.410 e. The Hall–Kier alpha value is -2.58. The second-order valence-electron chi connectivity index (χ2n) is 8.22. The zero-order chi connectivity index (χ0) is 20.5. The van der Waals surface area contributed by atoms with Crippen LogP contribution in [0, 0.1) is 5.92 Å². The summed E-state index contributed by atoms with van der Waals surface area (Å²) in [6, 6.07) is -0.496. The number of carbonyl (C=O) groups is 4. The van der Waals surface area contributed by atoms with Gasteiger partial charge in [0.05, 0.1) is 0 Å².